The van der Waals surface area contributed by atoms with Gasteiger partial charge in [0, 0.05) is 0 Å². The van der Waals surface area contributed by atoms with Crippen molar-refractivity contribution in [3.8, 4) is 6.07 Å². The van der Waals surface area contributed by atoms with Crippen LogP contribution in [0.5, 0.6) is 0 Å². The van der Waals surface area contributed by atoms with Crippen molar-refractivity contribution < 1.29 is 14.3 Å². The fourth-order valence-corrected chi connectivity index (χ4v) is 1.96. The maximum Gasteiger partial charge on any atom is 0.346 e. The van der Waals surface area contributed by atoms with Crippen LogP contribution in [0, 0.1) is 17.1 Å². The lowest BCUT2D eigenvalue weighted by molar-refractivity contribution is -0.132. The number of aryl methyl sites for hydroxylation is 1. The van der Waals surface area contributed by atoms with Crippen molar-refractivity contribution in [1.29, 1.82) is 5.26 Å². The standard InChI is InChI=1S/C12H8FNO2/c13-8-2-4-9-7(5-8)1-3-10(9)11(6-14)12(15)16/h2,4-5H,1,3H2,(H,15,16). The van der Waals surface area contributed by atoms with Gasteiger partial charge in [0.15, 0.2) is 0 Å². The summed E-state index contributed by atoms with van der Waals surface area (Å²) in [7, 11) is 0. The van der Waals surface area contributed by atoms with Crippen molar-refractivity contribution >= 4 is 11.5 Å². The average molecular weight is 217 g/mol. The van der Waals surface area contributed by atoms with Gasteiger partial charge < -0.3 is 5.11 Å². The van der Waals surface area contributed by atoms with Crippen LogP contribution in [0.15, 0.2) is 23.8 Å². The zero-order valence-electron chi connectivity index (χ0n) is 8.33. The summed E-state index contributed by atoms with van der Waals surface area (Å²) in [5.41, 5.74) is 1.71. The van der Waals surface area contributed by atoms with Gasteiger partial charge in [-0.25, -0.2) is 9.18 Å². The number of carboxylic acids is 1. The molecule has 0 heterocycles. The highest BCUT2D eigenvalue weighted by Crippen LogP contribution is 2.34. The first-order valence-electron chi connectivity index (χ1n) is 4.79. The van der Waals surface area contributed by atoms with Crippen LogP contribution < -0.4 is 0 Å². The lowest BCUT2D eigenvalue weighted by Gasteiger charge is -2.01. The highest BCUT2D eigenvalue weighted by atomic mass is 19.1. The summed E-state index contributed by atoms with van der Waals surface area (Å²) in [5.74, 6) is -1.57. The van der Waals surface area contributed by atoms with Gasteiger partial charge in [-0.05, 0) is 41.7 Å². The van der Waals surface area contributed by atoms with Crippen LogP contribution in [0.1, 0.15) is 17.5 Å². The fourth-order valence-electron chi connectivity index (χ4n) is 1.96. The number of halogens is 1. The summed E-state index contributed by atoms with van der Waals surface area (Å²) >= 11 is 0. The summed E-state index contributed by atoms with van der Waals surface area (Å²) in [6, 6.07) is 5.89. The highest BCUT2D eigenvalue weighted by Gasteiger charge is 2.23. The fraction of sp³-hybridized carbons (Fsp3) is 0.167. The minimum Gasteiger partial charge on any atom is -0.477 e. The molecule has 3 nitrogen and oxygen atoms in total. The predicted octanol–water partition coefficient (Wildman–Crippen LogP) is 2.13. The lowest BCUT2D eigenvalue weighted by Crippen LogP contribution is -2.01. The molecule has 0 saturated heterocycles. The lowest BCUT2D eigenvalue weighted by atomic mass is 10.0. The summed E-state index contributed by atoms with van der Waals surface area (Å²) in [4.78, 5) is 10.8. The normalized spacial score (nSPS) is 16.5. The van der Waals surface area contributed by atoms with Crippen LogP contribution in [0.25, 0.3) is 5.57 Å². The van der Waals surface area contributed by atoms with Crippen LogP contribution >= 0.6 is 0 Å². The number of nitrogens with zero attached hydrogens (tertiary/aromatic N) is 1. The largest absolute Gasteiger partial charge is 0.477 e. The zero-order valence-corrected chi connectivity index (χ0v) is 8.33. The Morgan fingerprint density at radius 1 is 1.44 bits per heavy atom. The molecule has 0 fully saturated rings. The Labute approximate surface area is 91.4 Å². The second-order valence-corrected chi connectivity index (χ2v) is 3.57. The third kappa shape index (κ3) is 1.57. The number of fused-ring (bicyclic) bond motifs is 1. The van der Waals surface area contributed by atoms with E-state index in [0.29, 0.717) is 24.0 Å². The number of benzene rings is 1. The Kier molecular flexibility index (Phi) is 2.45. The van der Waals surface area contributed by atoms with Crippen molar-refractivity contribution in [2.75, 3.05) is 0 Å². The molecule has 0 unspecified atom stereocenters. The number of nitriles is 1. The molecule has 4 heteroatoms. The molecule has 1 N–H and O–H groups in total. The number of aliphatic carboxylic acids is 1. The maximum absolute atomic E-state index is 12.9. The van der Waals surface area contributed by atoms with E-state index in [2.05, 4.69) is 0 Å². The van der Waals surface area contributed by atoms with E-state index in [1.54, 1.807) is 6.07 Å². The van der Waals surface area contributed by atoms with E-state index in [1.165, 1.54) is 18.2 Å². The molecule has 1 aromatic rings. The van der Waals surface area contributed by atoms with Crippen molar-refractivity contribution in [1.82, 2.24) is 0 Å². The van der Waals surface area contributed by atoms with Crippen molar-refractivity contribution in [2.24, 2.45) is 0 Å². The van der Waals surface area contributed by atoms with Gasteiger partial charge in [0.05, 0.1) is 0 Å². The summed E-state index contributed by atoms with van der Waals surface area (Å²) in [6.45, 7) is 0. The quantitative estimate of drug-likeness (QED) is 0.579. The van der Waals surface area contributed by atoms with E-state index in [-0.39, 0.29) is 11.4 Å². The number of carbonyl (C=O) groups is 1. The molecule has 0 aliphatic heterocycles. The van der Waals surface area contributed by atoms with Crippen LogP contribution in [-0.2, 0) is 11.2 Å². The summed E-state index contributed by atoms with van der Waals surface area (Å²) in [5, 5.41) is 17.6. The maximum atomic E-state index is 12.9. The average Bonchev–Trinajstić information content (AvgIpc) is 2.62. The summed E-state index contributed by atoms with van der Waals surface area (Å²) in [6.07, 6.45) is 1.06. The number of hydrogen-bond donors (Lipinski definition) is 1. The SMILES string of the molecule is N#CC(C(=O)O)=C1CCc2cc(F)ccc21. The van der Waals surface area contributed by atoms with E-state index < -0.39 is 5.97 Å². The van der Waals surface area contributed by atoms with E-state index >= 15 is 0 Å². The van der Waals surface area contributed by atoms with Gasteiger partial charge >= 0.3 is 5.97 Å². The van der Waals surface area contributed by atoms with Crippen LogP contribution in [0.2, 0.25) is 0 Å². The summed E-state index contributed by atoms with van der Waals surface area (Å²) < 4.78 is 12.9. The molecule has 1 aliphatic carbocycles. The van der Waals surface area contributed by atoms with Gasteiger partial charge in [-0.3, -0.25) is 0 Å². The first-order valence-corrected chi connectivity index (χ1v) is 4.79. The number of allylic oxidation sites excluding steroid dienone is 1. The Balaban J connectivity index is 2.60. The smallest absolute Gasteiger partial charge is 0.346 e. The van der Waals surface area contributed by atoms with Crippen molar-refractivity contribution in [2.45, 2.75) is 12.8 Å². The van der Waals surface area contributed by atoms with E-state index in [9.17, 15) is 9.18 Å². The van der Waals surface area contributed by atoms with Gasteiger partial charge in [0.2, 0.25) is 0 Å². The number of hydrogen-bond acceptors (Lipinski definition) is 2. The minimum atomic E-state index is -1.23. The van der Waals surface area contributed by atoms with Gasteiger partial charge in [0.25, 0.3) is 0 Å². The molecule has 1 aliphatic rings. The van der Waals surface area contributed by atoms with Crippen molar-refractivity contribution in [3.63, 3.8) is 0 Å². The minimum absolute atomic E-state index is 0.245. The molecule has 16 heavy (non-hydrogen) atoms. The zero-order chi connectivity index (χ0) is 11.7. The van der Waals surface area contributed by atoms with Crippen LogP contribution in [0.4, 0.5) is 4.39 Å². The molecule has 80 valence electrons. The predicted molar refractivity (Wildman–Crippen MR) is 54.9 cm³/mol. The molecule has 0 spiro atoms. The monoisotopic (exact) mass is 217 g/mol. The topological polar surface area (TPSA) is 61.1 Å². The Morgan fingerprint density at radius 2 is 2.19 bits per heavy atom. The molecule has 1 aromatic carbocycles. The van der Waals surface area contributed by atoms with Crippen LogP contribution in [-0.4, -0.2) is 11.1 Å². The molecule has 0 atom stereocenters. The van der Waals surface area contributed by atoms with E-state index in [1.807, 2.05) is 0 Å². The van der Waals surface area contributed by atoms with Gasteiger partial charge in [-0.1, -0.05) is 6.07 Å². The number of rotatable bonds is 1. The first kappa shape index (κ1) is 10.4. The number of carboxylic acid groups (broad SMARTS) is 1. The van der Waals surface area contributed by atoms with Gasteiger partial charge in [0.1, 0.15) is 17.5 Å². The first-order chi connectivity index (χ1) is 7.63. The van der Waals surface area contributed by atoms with Gasteiger partial charge in [-0.15, -0.1) is 0 Å². The molecule has 0 radical (unpaired) electrons. The molecular weight excluding hydrogens is 209 g/mol. The van der Waals surface area contributed by atoms with E-state index in [4.69, 9.17) is 10.4 Å². The third-order valence-corrected chi connectivity index (χ3v) is 2.66. The molecule has 0 amide bonds. The molecule has 0 bridgehead atoms. The van der Waals surface area contributed by atoms with E-state index in [0.717, 1.165) is 5.56 Å². The molecule has 0 aromatic heterocycles. The highest BCUT2D eigenvalue weighted by molar-refractivity contribution is 6.01. The molecule has 0 saturated carbocycles. The molecule has 2 rings (SSSR count). The molecular formula is C12H8FNO2. The second kappa shape index (κ2) is 3.78. The Hall–Kier alpha value is -2.15. The van der Waals surface area contributed by atoms with Crippen molar-refractivity contribution in [3.05, 3.63) is 40.7 Å². The van der Waals surface area contributed by atoms with Gasteiger partial charge in [-0.2, -0.15) is 5.26 Å². The second-order valence-electron chi connectivity index (χ2n) is 3.57. The third-order valence-electron chi connectivity index (χ3n) is 2.66. The Bertz CT molecular complexity index is 540. The Morgan fingerprint density at radius 3 is 2.81 bits per heavy atom. The van der Waals surface area contributed by atoms with Crippen LogP contribution in [0.3, 0.4) is 0 Å².